The molecule has 0 atom stereocenters. The highest BCUT2D eigenvalue weighted by Crippen LogP contribution is 2.23. The van der Waals surface area contributed by atoms with Crippen LogP contribution in [-0.2, 0) is 6.54 Å². The van der Waals surface area contributed by atoms with Crippen LogP contribution in [0, 0.1) is 0 Å². The van der Waals surface area contributed by atoms with Crippen molar-refractivity contribution >= 4 is 16.5 Å². The van der Waals surface area contributed by atoms with Gasteiger partial charge in [-0.3, -0.25) is 0 Å². The van der Waals surface area contributed by atoms with Crippen molar-refractivity contribution < 1.29 is 0 Å². The molecule has 0 saturated heterocycles. The number of anilines is 1. The summed E-state index contributed by atoms with van der Waals surface area (Å²) in [5.74, 6) is 0. The third kappa shape index (κ3) is 3.76. The fourth-order valence-corrected chi connectivity index (χ4v) is 2.70. The number of nitrogens with one attached hydrogen (secondary N) is 1. The Labute approximate surface area is 103 Å². The number of hydrogen-bond donors (Lipinski definition) is 1. The van der Waals surface area contributed by atoms with Crippen molar-refractivity contribution in [2.45, 2.75) is 46.7 Å². The van der Waals surface area contributed by atoms with Crippen LogP contribution >= 0.6 is 11.3 Å². The molecule has 0 radical (unpaired) electrons. The predicted molar refractivity (Wildman–Crippen MR) is 72.3 cm³/mol. The Balaban J connectivity index is 2.55. The van der Waals surface area contributed by atoms with Crippen molar-refractivity contribution in [3.63, 3.8) is 0 Å². The van der Waals surface area contributed by atoms with E-state index in [1.54, 1.807) is 11.3 Å². The van der Waals surface area contributed by atoms with Gasteiger partial charge in [0.1, 0.15) is 0 Å². The van der Waals surface area contributed by atoms with Gasteiger partial charge in [-0.2, -0.15) is 0 Å². The summed E-state index contributed by atoms with van der Waals surface area (Å²) in [7, 11) is 0. The van der Waals surface area contributed by atoms with Crippen LogP contribution in [0.1, 0.15) is 39.0 Å². The number of hydrogen-bond acceptors (Lipinski definition) is 4. The zero-order valence-corrected chi connectivity index (χ0v) is 11.6. The molecule has 1 heterocycles. The molecule has 4 heteroatoms. The molecular weight excluding hydrogens is 218 g/mol. The first kappa shape index (κ1) is 13.5. The number of thiazole rings is 1. The van der Waals surface area contributed by atoms with Crippen molar-refractivity contribution in [3.8, 4) is 0 Å². The molecule has 0 aliphatic heterocycles. The average Bonchev–Trinajstić information content (AvgIpc) is 2.67. The molecular formula is C12H23N3S. The van der Waals surface area contributed by atoms with E-state index in [2.05, 4.69) is 42.9 Å². The lowest BCUT2D eigenvalue weighted by molar-refractivity contribution is 0.681. The average molecular weight is 241 g/mol. The van der Waals surface area contributed by atoms with Crippen LogP contribution in [0.4, 0.5) is 5.13 Å². The van der Waals surface area contributed by atoms with Crippen molar-refractivity contribution in [3.05, 3.63) is 11.1 Å². The molecule has 1 aromatic rings. The second kappa shape index (κ2) is 6.86. The topological polar surface area (TPSA) is 28.2 Å². The van der Waals surface area contributed by atoms with E-state index < -0.39 is 0 Å². The third-order valence-corrected chi connectivity index (χ3v) is 3.51. The minimum atomic E-state index is 0.521. The highest BCUT2D eigenvalue weighted by atomic mass is 32.1. The molecule has 0 aliphatic rings. The first-order valence-corrected chi connectivity index (χ1v) is 6.92. The molecule has 0 unspecified atom stereocenters. The van der Waals surface area contributed by atoms with Gasteiger partial charge in [0.2, 0.25) is 0 Å². The molecule has 0 aromatic carbocycles. The summed E-state index contributed by atoms with van der Waals surface area (Å²) in [6.45, 7) is 11.8. The van der Waals surface area contributed by atoms with Gasteiger partial charge >= 0.3 is 0 Å². The Kier molecular flexibility index (Phi) is 5.77. The van der Waals surface area contributed by atoms with Crippen LogP contribution in [0.5, 0.6) is 0 Å². The van der Waals surface area contributed by atoms with Gasteiger partial charge in [-0.25, -0.2) is 4.98 Å². The van der Waals surface area contributed by atoms with Crippen LogP contribution < -0.4 is 10.2 Å². The summed E-state index contributed by atoms with van der Waals surface area (Å²) in [5, 5.41) is 4.55. The second-order valence-electron chi connectivity index (χ2n) is 4.17. The molecule has 3 nitrogen and oxygen atoms in total. The molecule has 1 N–H and O–H groups in total. The van der Waals surface area contributed by atoms with Crippen molar-refractivity contribution in [2.75, 3.05) is 18.0 Å². The fourth-order valence-electron chi connectivity index (χ4n) is 1.62. The SMILES string of the molecule is CCCNCc1cnc(N(CC)C(C)C)s1. The maximum absolute atomic E-state index is 4.49. The van der Waals surface area contributed by atoms with E-state index in [1.165, 1.54) is 11.3 Å². The van der Waals surface area contributed by atoms with Gasteiger partial charge in [0.15, 0.2) is 5.13 Å². The Hall–Kier alpha value is -0.610. The summed E-state index contributed by atoms with van der Waals surface area (Å²) in [4.78, 5) is 8.14. The van der Waals surface area contributed by atoms with Gasteiger partial charge in [-0.15, -0.1) is 11.3 Å². The molecule has 0 amide bonds. The Morgan fingerprint density at radius 3 is 2.75 bits per heavy atom. The van der Waals surface area contributed by atoms with E-state index >= 15 is 0 Å². The first-order chi connectivity index (χ1) is 7.69. The lowest BCUT2D eigenvalue weighted by atomic mass is 10.3. The van der Waals surface area contributed by atoms with E-state index in [-0.39, 0.29) is 0 Å². The molecule has 0 spiro atoms. The molecule has 0 bridgehead atoms. The number of nitrogens with zero attached hydrogens (tertiary/aromatic N) is 2. The van der Waals surface area contributed by atoms with Gasteiger partial charge in [0, 0.05) is 30.2 Å². The standard InChI is InChI=1S/C12H23N3S/c1-5-7-13-8-11-9-14-12(16-11)15(6-2)10(3)4/h9-10,13H,5-8H2,1-4H3. The number of aromatic nitrogens is 1. The van der Waals surface area contributed by atoms with Gasteiger partial charge < -0.3 is 10.2 Å². The van der Waals surface area contributed by atoms with Gasteiger partial charge in [-0.05, 0) is 33.7 Å². The molecule has 1 rings (SSSR count). The maximum Gasteiger partial charge on any atom is 0.185 e. The highest BCUT2D eigenvalue weighted by molar-refractivity contribution is 7.15. The Morgan fingerprint density at radius 2 is 2.19 bits per heavy atom. The van der Waals surface area contributed by atoms with Crippen molar-refractivity contribution in [1.82, 2.24) is 10.3 Å². The lowest BCUT2D eigenvalue weighted by Gasteiger charge is -2.23. The molecule has 0 aliphatic carbocycles. The number of rotatable bonds is 7. The van der Waals surface area contributed by atoms with Gasteiger partial charge in [0.25, 0.3) is 0 Å². The van der Waals surface area contributed by atoms with Crippen molar-refractivity contribution in [2.24, 2.45) is 0 Å². The predicted octanol–water partition coefficient (Wildman–Crippen LogP) is 2.88. The quantitative estimate of drug-likeness (QED) is 0.744. The third-order valence-electron chi connectivity index (χ3n) is 2.48. The zero-order valence-electron chi connectivity index (χ0n) is 10.8. The van der Waals surface area contributed by atoms with Crippen LogP contribution in [0.15, 0.2) is 6.20 Å². The van der Waals surface area contributed by atoms with Crippen LogP contribution in [0.25, 0.3) is 0 Å². The fraction of sp³-hybridized carbons (Fsp3) is 0.750. The minimum absolute atomic E-state index is 0.521. The second-order valence-corrected chi connectivity index (χ2v) is 5.26. The monoisotopic (exact) mass is 241 g/mol. The van der Waals surface area contributed by atoms with E-state index in [0.717, 1.165) is 24.8 Å². The minimum Gasteiger partial charge on any atom is -0.346 e. The van der Waals surface area contributed by atoms with E-state index in [9.17, 15) is 0 Å². The van der Waals surface area contributed by atoms with Crippen LogP contribution in [0.2, 0.25) is 0 Å². The van der Waals surface area contributed by atoms with Gasteiger partial charge in [0.05, 0.1) is 0 Å². The normalized spacial score (nSPS) is 11.1. The van der Waals surface area contributed by atoms with Crippen LogP contribution in [-0.4, -0.2) is 24.1 Å². The largest absolute Gasteiger partial charge is 0.346 e. The lowest BCUT2D eigenvalue weighted by Crippen LogP contribution is -2.30. The van der Waals surface area contributed by atoms with E-state index in [0.29, 0.717) is 6.04 Å². The zero-order chi connectivity index (χ0) is 12.0. The van der Waals surface area contributed by atoms with Crippen LogP contribution in [0.3, 0.4) is 0 Å². The summed E-state index contributed by atoms with van der Waals surface area (Å²) >= 11 is 1.80. The van der Waals surface area contributed by atoms with E-state index in [1.807, 2.05) is 6.20 Å². The smallest absolute Gasteiger partial charge is 0.185 e. The summed E-state index contributed by atoms with van der Waals surface area (Å²) in [6, 6.07) is 0.521. The molecule has 0 saturated carbocycles. The summed E-state index contributed by atoms with van der Waals surface area (Å²) in [6.07, 6.45) is 3.17. The Morgan fingerprint density at radius 1 is 1.44 bits per heavy atom. The van der Waals surface area contributed by atoms with E-state index in [4.69, 9.17) is 0 Å². The Bertz CT molecular complexity index is 296. The van der Waals surface area contributed by atoms with Gasteiger partial charge in [-0.1, -0.05) is 6.92 Å². The molecule has 92 valence electrons. The molecule has 1 aromatic heterocycles. The first-order valence-electron chi connectivity index (χ1n) is 6.11. The maximum atomic E-state index is 4.49. The highest BCUT2D eigenvalue weighted by Gasteiger charge is 2.12. The molecule has 0 fully saturated rings. The van der Waals surface area contributed by atoms with Crippen molar-refractivity contribution in [1.29, 1.82) is 0 Å². The molecule has 16 heavy (non-hydrogen) atoms. The summed E-state index contributed by atoms with van der Waals surface area (Å²) < 4.78 is 0. The summed E-state index contributed by atoms with van der Waals surface area (Å²) in [5.41, 5.74) is 0.